The van der Waals surface area contributed by atoms with Crippen molar-refractivity contribution in [1.29, 1.82) is 0 Å². The molecule has 0 amide bonds. The molecule has 0 saturated heterocycles. The summed E-state index contributed by atoms with van der Waals surface area (Å²) in [4.78, 5) is 13.2. The third-order valence-electron chi connectivity index (χ3n) is 8.24. The molecule has 0 spiro atoms. The number of aromatic nitrogens is 3. The molecule has 0 aliphatic carbocycles. The van der Waals surface area contributed by atoms with Crippen molar-refractivity contribution in [2.24, 2.45) is 10.8 Å². The van der Waals surface area contributed by atoms with Crippen LogP contribution in [0.25, 0.3) is 66.4 Å². The average molecular weight is 862 g/mol. The summed E-state index contributed by atoms with van der Waals surface area (Å²) in [5, 5.41) is 4.03. The van der Waals surface area contributed by atoms with Gasteiger partial charge in [0.15, 0.2) is 0 Å². The van der Waals surface area contributed by atoms with E-state index < -0.39 is 23.6 Å². The van der Waals surface area contributed by atoms with Gasteiger partial charge in [0.1, 0.15) is 5.58 Å². The zero-order chi connectivity index (χ0) is 39.2. The van der Waals surface area contributed by atoms with Crippen LogP contribution in [0.3, 0.4) is 0 Å². The molecule has 5 heteroatoms. The van der Waals surface area contributed by atoms with Gasteiger partial charge >= 0.3 is 0 Å². The SMILES string of the molecule is [2H]C([2H])(c1ccc(-c2ccnc(-c3[c-]cccc3)c2)cc1)C(C)(C)C.[2H]C([2H])(c1ccnc(-c2[c-]ccc3c2oc2c4cnccc4ccc32)c1)C(C)(C)C.[Ir]. The van der Waals surface area contributed by atoms with E-state index in [1.807, 2.05) is 133 Å². The smallest absolute Gasteiger partial charge is 0.130 e. The van der Waals surface area contributed by atoms with E-state index in [0.717, 1.165) is 55.1 Å². The van der Waals surface area contributed by atoms with E-state index >= 15 is 0 Å². The largest absolute Gasteiger partial charge is 0.500 e. The first-order valence-electron chi connectivity index (χ1n) is 19.2. The maximum atomic E-state index is 8.62. The summed E-state index contributed by atoms with van der Waals surface area (Å²) in [5.41, 5.74) is 7.11. The summed E-state index contributed by atoms with van der Waals surface area (Å²) in [6, 6.07) is 39.5. The Hall–Kier alpha value is -4.96. The number of benzene rings is 4. The van der Waals surface area contributed by atoms with Crippen LogP contribution in [0.15, 0.2) is 132 Å². The fourth-order valence-electron chi connectivity index (χ4n) is 6.12. The van der Waals surface area contributed by atoms with Crippen molar-refractivity contribution in [3.63, 3.8) is 0 Å². The van der Waals surface area contributed by atoms with Crippen LogP contribution < -0.4 is 0 Å². The Balaban J connectivity index is 0.000000190. The first-order valence-corrected chi connectivity index (χ1v) is 17.2. The third kappa shape index (κ3) is 8.56. The molecule has 0 aliphatic heterocycles. The Morgan fingerprint density at radius 3 is 2.10 bits per heavy atom. The monoisotopic (exact) mass is 862 g/mol. The van der Waals surface area contributed by atoms with Crippen LogP contribution >= 0.6 is 0 Å². The quantitative estimate of drug-likeness (QED) is 0.162. The molecule has 0 N–H and O–H groups in total. The fraction of sp³-hybridized carbons (Fsp3) is 0.213. The van der Waals surface area contributed by atoms with Crippen molar-refractivity contribution < 1.29 is 30.0 Å². The Morgan fingerprint density at radius 1 is 0.615 bits per heavy atom. The third-order valence-corrected chi connectivity index (χ3v) is 8.24. The Bertz CT molecular complexity index is 2630. The van der Waals surface area contributed by atoms with Gasteiger partial charge in [-0.05, 0) is 75.2 Å². The van der Waals surface area contributed by atoms with Gasteiger partial charge in [-0.25, -0.2) is 0 Å². The van der Waals surface area contributed by atoms with E-state index in [9.17, 15) is 0 Å². The molecule has 0 atom stereocenters. The van der Waals surface area contributed by atoms with Crippen LogP contribution in [0.4, 0.5) is 0 Å². The molecule has 0 aliphatic rings. The molecule has 4 nitrogen and oxygen atoms in total. The molecule has 4 aromatic heterocycles. The normalized spacial score (nSPS) is 13.3. The van der Waals surface area contributed by atoms with Gasteiger partial charge in [-0.1, -0.05) is 107 Å². The fourth-order valence-corrected chi connectivity index (χ4v) is 6.12. The molecule has 4 heterocycles. The second kappa shape index (κ2) is 15.3. The van der Waals surface area contributed by atoms with Crippen molar-refractivity contribution in [2.75, 3.05) is 0 Å². The standard InChI is InChI=1S/C25H21N2O.C22H22N.Ir/c1-25(2,3)14-16-9-12-27-22(13-16)20-6-4-5-18-19-8-7-17-10-11-26-15-21(17)24(19)28-23(18)20;1-22(2,3)16-17-9-11-18(12-10-17)20-13-14-23-21(15-20)19-7-5-4-6-8-19;/h4-5,7-13,15H,14H2,1-3H3;4-7,9-15H,16H2,1-3H3;/q2*-1;/i14D2;16D2;. The number of pyridine rings is 3. The Labute approximate surface area is 326 Å². The van der Waals surface area contributed by atoms with Crippen LogP contribution in [0, 0.1) is 23.0 Å². The van der Waals surface area contributed by atoms with Crippen molar-refractivity contribution in [2.45, 2.75) is 54.3 Å². The number of nitrogens with zero attached hydrogens (tertiary/aromatic N) is 3. The summed E-state index contributed by atoms with van der Waals surface area (Å²) in [6.45, 7) is 11.5. The zero-order valence-electron chi connectivity index (χ0n) is 34.2. The molecule has 1 radical (unpaired) electrons. The van der Waals surface area contributed by atoms with Gasteiger partial charge < -0.3 is 14.4 Å². The first-order chi connectivity index (χ1) is 26.1. The topological polar surface area (TPSA) is 51.8 Å². The number of rotatable bonds is 5. The molecule has 0 saturated carbocycles. The van der Waals surface area contributed by atoms with Crippen molar-refractivity contribution in [3.05, 3.63) is 151 Å². The summed E-state index contributed by atoms with van der Waals surface area (Å²) in [6.07, 6.45) is 4.16. The summed E-state index contributed by atoms with van der Waals surface area (Å²) < 4.78 is 40.4. The van der Waals surface area contributed by atoms with Crippen LogP contribution in [0.5, 0.6) is 0 Å². The van der Waals surface area contributed by atoms with Crippen LogP contribution in [0.2, 0.25) is 0 Å². The van der Waals surface area contributed by atoms with E-state index in [-0.39, 0.29) is 20.1 Å². The second-order valence-corrected chi connectivity index (χ2v) is 14.7. The van der Waals surface area contributed by atoms with Crippen LogP contribution in [0.1, 0.15) is 58.2 Å². The molecular formula is C47H43IrN3O-2. The van der Waals surface area contributed by atoms with Crippen molar-refractivity contribution in [1.82, 2.24) is 15.0 Å². The molecule has 0 unspecified atom stereocenters. The van der Waals surface area contributed by atoms with E-state index in [4.69, 9.17) is 9.90 Å². The number of hydrogen-bond acceptors (Lipinski definition) is 4. The van der Waals surface area contributed by atoms with Crippen molar-refractivity contribution in [3.8, 4) is 33.6 Å². The van der Waals surface area contributed by atoms with Crippen LogP contribution in [-0.4, -0.2) is 15.0 Å². The summed E-state index contributed by atoms with van der Waals surface area (Å²) in [7, 11) is 0. The van der Waals surface area contributed by atoms with E-state index in [1.54, 1.807) is 24.7 Å². The van der Waals surface area contributed by atoms with Gasteiger partial charge in [0.2, 0.25) is 0 Å². The maximum Gasteiger partial charge on any atom is 0.130 e. The average Bonchev–Trinajstić information content (AvgIpc) is 3.57. The van der Waals surface area contributed by atoms with Gasteiger partial charge in [0.05, 0.1) is 5.58 Å². The molecule has 8 aromatic rings. The van der Waals surface area contributed by atoms with Gasteiger partial charge in [-0.2, -0.15) is 0 Å². The number of fused-ring (bicyclic) bond motifs is 5. The number of hydrogen-bond donors (Lipinski definition) is 0. The minimum atomic E-state index is -1.51. The van der Waals surface area contributed by atoms with E-state index in [1.165, 1.54) is 0 Å². The predicted octanol–water partition coefficient (Wildman–Crippen LogP) is 12.4. The minimum absolute atomic E-state index is 0. The molecule has 0 bridgehead atoms. The second-order valence-electron chi connectivity index (χ2n) is 14.7. The zero-order valence-corrected chi connectivity index (χ0v) is 32.6. The molecule has 0 fully saturated rings. The summed E-state index contributed by atoms with van der Waals surface area (Å²) >= 11 is 0. The molecule has 263 valence electrons. The van der Waals surface area contributed by atoms with Crippen molar-refractivity contribution >= 4 is 32.7 Å². The molecule has 8 rings (SSSR count). The maximum absolute atomic E-state index is 8.62. The van der Waals surface area contributed by atoms with Gasteiger partial charge in [0, 0.05) is 61.1 Å². The van der Waals surface area contributed by atoms with E-state index in [2.05, 4.69) is 39.2 Å². The van der Waals surface area contributed by atoms with E-state index in [0.29, 0.717) is 22.4 Å². The molecular weight excluding hydrogens is 815 g/mol. The Morgan fingerprint density at radius 2 is 1.35 bits per heavy atom. The summed E-state index contributed by atoms with van der Waals surface area (Å²) in [5.74, 6) is 0. The van der Waals surface area contributed by atoms with Gasteiger partial charge in [-0.15, -0.1) is 54.1 Å². The minimum Gasteiger partial charge on any atom is -0.500 e. The predicted molar refractivity (Wildman–Crippen MR) is 211 cm³/mol. The first kappa shape index (κ1) is 31.7. The molecule has 4 aromatic carbocycles. The van der Waals surface area contributed by atoms with Gasteiger partial charge in [0.25, 0.3) is 0 Å². The number of furan rings is 1. The molecule has 52 heavy (non-hydrogen) atoms. The van der Waals surface area contributed by atoms with Crippen LogP contribution in [-0.2, 0) is 32.9 Å². The van der Waals surface area contributed by atoms with Gasteiger partial charge in [-0.3, -0.25) is 4.98 Å². The Kier molecular flexibility index (Phi) is 9.36.